The van der Waals surface area contributed by atoms with E-state index >= 15 is 4.39 Å². The summed E-state index contributed by atoms with van der Waals surface area (Å²) < 4.78 is 52.4. The van der Waals surface area contributed by atoms with Crippen molar-refractivity contribution in [2.45, 2.75) is 12.7 Å². The van der Waals surface area contributed by atoms with Gasteiger partial charge < -0.3 is 25.9 Å². The van der Waals surface area contributed by atoms with Crippen molar-refractivity contribution in [1.82, 2.24) is 10.3 Å². The van der Waals surface area contributed by atoms with Gasteiger partial charge in [-0.25, -0.2) is 9.18 Å². The maximum absolute atomic E-state index is 15.1. The normalized spacial score (nSPS) is 10.8. The number of alkyl halides is 3. The number of carboxylic acids is 1. The molecule has 0 spiro atoms. The topological polar surface area (TPSA) is 141 Å². The highest BCUT2D eigenvalue weighted by Gasteiger charge is 2.38. The molecular formula is C25H15Cl3F4N4O4. The summed E-state index contributed by atoms with van der Waals surface area (Å²) in [5, 5.41) is 19.9. The summed E-state index contributed by atoms with van der Waals surface area (Å²) in [6.07, 6.45) is -5.08. The van der Waals surface area contributed by atoms with Gasteiger partial charge >= 0.3 is 12.1 Å². The number of nitrogens with one attached hydrogen (secondary N) is 2. The van der Waals surface area contributed by atoms with Crippen molar-refractivity contribution in [1.29, 1.82) is 5.26 Å². The Balaban J connectivity index is 0.000000559. The fraction of sp³-hybridized carbons (Fsp3) is 0.0800. The first kappa shape index (κ1) is 30.4. The number of carboxylic acid groups (broad SMARTS) is 1. The number of hydrogen-bond acceptors (Lipinski definition) is 5. The number of carbonyl (C=O) groups is 2. The van der Waals surface area contributed by atoms with Crippen LogP contribution in [-0.4, -0.2) is 28.1 Å². The smallest absolute Gasteiger partial charge is 0.475 e. The van der Waals surface area contributed by atoms with Crippen LogP contribution in [0.4, 0.5) is 23.2 Å². The van der Waals surface area contributed by atoms with Crippen LogP contribution in [0, 0.1) is 17.1 Å². The van der Waals surface area contributed by atoms with Gasteiger partial charge in [-0.3, -0.25) is 4.79 Å². The largest absolute Gasteiger partial charge is 0.490 e. The number of rotatable bonds is 5. The Labute approximate surface area is 237 Å². The molecule has 0 atom stereocenters. The van der Waals surface area contributed by atoms with Crippen molar-refractivity contribution in [3.8, 4) is 17.6 Å². The predicted octanol–water partition coefficient (Wildman–Crippen LogP) is 7.08. The molecule has 0 aliphatic rings. The number of carbonyl (C=O) groups excluding carboxylic acids is 1. The van der Waals surface area contributed by atoms with Gasteiger partial charge in [-0.1, -0.05) is 40.9 Å². The third-order valence-corrected chi connectivity index (χ3v) is 5.93. The number of nitrogens with two attached hydrogens (primary N) is 1. The molecule has 8 nitrogen and oxygen atoms in total. The average molecular weight is 618 g/mol. The molecule has 0 fully saturated rings. The van der Waals surface area contributed by atoms with Gasteiger partial charge in [-0.15, -0.1) is 0 Å². The maximum Gasteiger partial charge on any atom is 0.490 e. The molecular weight excluding hydrogens is 603 g/mol. The molecule has 0 radical (unpaired) electrons. The minimum atomic E-state index is -5.08. The first-order chi connectivity index (χ1) is 18.7. The summed E-state index contributed by atoms with van der Waals surface area (Å²) in [5.74, 6) is -4.16. The highest BCUT2D eigenvalue weighted by atomic mass is 35.5. The fourth-order valence-electron chi connectivity index (χ4n) is 3.20. The monoisotopic (exact) mass is 616 g/mol. The van der Waals surface area contributed by atoms with E-state index in [1.807, 2.05) is 6.07 Å². The number of aromatic amines is 1. The van der Waals surface area contributed by atoms with Crippen molar-refractivity contribution in [2.75, 3.05) is 5.73 Å². The average Bonchev–Trinajstić information content (AvgIpc) is 3.21. The molecule has 0 saturated carbocycles. The van der Waals surface area contributed by atoms with Gasteiger partial charge in [-0.2, -0.15) is 18.4 Å². The van der Waals surface area contributed by atoms with Crippen molar-refractivity contribution in [3.63, 3.8) is 0 Å². The molecule has 0 aliphatic carbocycles. The Kier molecular flexibility index (Phi) is 9.36. The first-order valence-corrected chi connectivity index (χ1v) is 11.8. The van der Waals surface area contributed by atoms with E-state index in [-0.39, 0.29) is 49.9 Å². The van der Waals surface area contributed by atoms with Crippen LogP contribution in [0.1, 0.15) is 21.6 Å². The van der Waals surface area contributed by atoms with Gasteiger partial charge in [0.25, 0.3) is 5.91 Å². The summed E-state index contributed by atoms with van der Waals surface area (Å²) in [4.78, 5) is 24.5. The third-order valence-electron chi connectivity index (χ3n) is 5.02. The number of aliphatic carboxylic acids is 1. The predicted molar refractivity (Wildman–Crippen MR) is 140 cm³/mol. The molecule has 0 unspecified atom stereocenters. The molecule has 0 saturated heterocycles. The van der Waals surface area contributed by atoms with Crippen LogP contribution in [0.2, 0.25) is 15.1 Å². The lowest BCUT2D eigenvalue weighted by Gasteiger charge is -2.13. The Morgan fingerprint density at radius 3 is 2.40 bits per heavy atom. The van der Waals surface area contributed by atoms with Gasteiger partial charge in [0.2, 0.25) is 0 Å². The van der Waals surface area contributed by atoms with Crippen LogP contribution in [-0.2, 0) is 11.3 Å². The zero-order valence-corrected chi connectivity index (χ0v) is 21.9. The Hall–Kier alpha value is -4.18. The van der Waals surface area contributed by atoms with E-state index < -0.39 is 23.9 Å². The van der Waals surface area contributed by atoms with Crippen LogP contribution in [0.5, 0.6) is 11.5 Å². The summed E-state index contributed by atoms with van der Waals surface area (Å²) in [7, 11) is 0. The third kappa shape index (κ3) is 7.26. The summed E-state index contributed by atoms with van der Waals surface area (Å²) in [5.41, 5.74) is 7.43. The molecule has 1 heterocycles. The Bertz CT molecular complexity index is 1650. The summed E-state index contributed by atoms with van der Waals surface area (Å²) >= 11 is 18.4. The molecule has 1 amide bonds. The van der Waals surface area contributed by atoms with E-state index in [0.29, 0.717) is 16.6 Å². The van der Waals surface area contributed by atoms with Gasteiger partial charge in [0.15, 0.2) is 11.6 Å². The van der Waals surface area contributed by atoms with E-state index in [1.54, 1.807) is 18.2 Å². The van der Waals surface area contributed by atoms with Crippen LogP contribution in [0.3, 0.4) is 0 Å². The molecule has 15 heteroatoms. The zero-order valence-electron chi connectivity index (χ0n) is 19.7. The number of amides is 1. The second-order valence-electron chi connectivity index (χ2n) is 7.84. The summed E-state index contributed by atoms with van der Waals surface area (Å²) in [6, 6.07) is 14.1. The molecule has 208 valence electrons. The fourth-order valence-corrected chi connectivity index (χ4v) is 3.90. The van der Waals surface area contributed by atoms with Crippen molar-refractivity contribution in [2.24, 2.45) is 0 Å². The number of nitrogen functional groups attached to an aromatic ring is 1. The number of nitrogens with zero attached hydrogens (tertiary/aromatic N) is 1. The Morgan fingerprint density at radius 2 is 1.77 bits per heavy atom. The number of aromatic nitrogens is 1. The standard InChI is InChI=1S/C23H14Cl3FN4O2.C2HF3O2/c24-13-5-11(9-28)6-15(7-13)33-22-17(25)3-1-12(20(22)27)10-30-23(32)21-19(26)16-8-14(29)2-4-18(16)31-21;3-2(4,5)1(6)7/h1-8,31H,10,29H2,(H,30,32);(H,6,7). The highest BCUT2D eigenvalue weighted by molar-refractivity contribution is 6.38. The molecule has 4 aromatic rings. The van der Waals surface area contributed by atoms with Crippen LogP contribution >= 0.6 is 34.8 Å². The number of H-pyrrole nitrogens is 1. The minimum Gasteiger partial charge on any atom is -0.475 e. The van der Waals surface area contributed by atoms with E-state index in [0.717, 1.165) is 0 Å². The van der Waals surface area contributed by atoms with Crippen molar-refractivity contribution >= 4 is 63.3 Å². The number of nitriles is 1. The molecule has 0 aliphatic heterocycles. The lowest BCUT2D eigenvalue weighted by atomic mass is 10.2. The second-order valence-corrected chi connectivity index (χ2v) is 9.07. The number of fused-ring (bicyclic) bond motifs is 1. The first-order valence-electron chi connectivity index (χ1n) is 10.7. The molecule has 1 aromatic heterocycles. The van der Waals surface area contributed by atoms with Gasteiger partial charge in [0.05, 0.1) is 21.7 Å². The van der Waals surface area contributed by atoms with E-state index in [2.05, 4.69) is 10.3 Å². The number of anilines is 1. The van der Waals surface area contributed by atoms with Gasteiger partial charge in [-0.05, 0) is 42.5 Å². The quantitative estimate of drug-likeness (QED) is 0.139. The van der Waals surface area contributed by atoms with Gasteiger partial charge in [0, 0.05) is 33.7 Å². The lowest BCUT2D eigenvalue weighted by molar-refractivity contribution is -0.192. The Morgan fingerprint density at radius 1 is 1.10 bits per heavy atom. The zero-order chi connectivity index (χ0) is 29.8. The van der Waals surface area contributed by atoms with Gasteiger partial charge in [0.1, 0.15) is 11.4 Å². The maximum atomic E-state index is 15.1. The van der Waals surface area contributed by atoms with E-state index in [1.165, 1.54) is 30.3 Å². The summed E-state index contributed by atoms with van der Waals surface area (Å²) in [6.45, 7) is -0.162. The van der Waals surface area contributed by atoms with Crippen LogP contribution in [0.15, 0.2) is 48.5 Å². The van der Waals surface area contributed by atoms with Crippen molar-refractivity contribution < 1.29 is 37.0 Å². The molecule has 3 aromatic carbocycles. The van der Waals surface area contributed by atoms with E-state index in [9.17, 15) is 18.0 Å². The minimum absolute atomic E-state index is 0.0114. The lowest BCUT2D eigenvalue weighted by Crippen LogP contribution is -2.24. The SMILES string of the molecule is N#Cc1cc(Cl)cc(Oc2c(Cl)ccc(CNC(=O)c3[nH]c4ccc(N)cc4c3Cl)c2F)c1.O=C(O)C(F)(F)F. The number of halogens is 7. The van der Waals surface area contributed by atoms with Crippen LogP contribution in [0.25, 0.3) is 10.9 Å². The number of ether oxygens (including phenoxy) is 1. The highest BCUT2D eigenvalue weighted by Crippen LogP contribution is 2.35. The molecule has 4 rings (SSSR count). The number of hydrogen-bond donors (Lipinski definition) is 4. The van der Waals surface area contributed by atoms with E-state index in [4.69, 9.17) is 60.4 Å². The second kappa shape index (κ2) is 12.3. The van der Waals surface area contributed by atoms with Crippen LogP contribution < -0.4 is 15.8 Å². The molecule has 5 N–H and O–H groups in total. The van der Waals surface area contributed by atoms with Crippen molar-refractivity contribution in [3.05, 3.63) is 86.2 Å². The molecule has 40 heavy (non-hydrogen) atoms. The number of benzene rings is 3. The molecule has 0 bridgehead atoms.